The number of carbonyl (C=O) groups excluding carboxylic acids is 1. The molecule has 98 valence electrons. The summed E-state index contributed by atoms with van der Waals surface area (Å²) in [6.07, 6.45) is 2.00. The summed E-state index contributed by atoms with van der Waals surface area (Å²) in [6, 6.07) is 6.87. The zero-order chi connectivity index (χ0) is 13.0. The van der Waals surface area contributed by atoms with Gasteiger partial charge in [0.15, 0.2) is 0 Å². The summed E-state index contributed by atoms with van der Waals surface area (Å²) < 4.78 is 0. The van der Waals surface area contributed by atoms with Gasteiger partial charge in [0.2, 0.25) is 5.91 Å². The Morgan fingerprint density at radius 3 is 3.00 bits per heavy atom. The highest BCUT2D eigenvalue weighted by Gasteiger charge is 2.25. The van der Waals surface area contributed by atoms with Gasteiger partial charge in [-0.05, 0) is 38.4 Å². The van der Waals surface area contributed by atoms with Gasteiger partial charge in [-0.2, -0.15) is 0 Å². The molecule has 18 heavy (non-hydrogen) atoms. The van der Waals surface area contributed by atoms with Crippen LogP contribution in [0.4, 0.5) is 5.69 Å². The fourth-order valence-corrected chi connectivity index (χ4v) is 2.41. The quantitative estimate of drug-likeness (QED) is 0.856. The number of hydrogen-bond donors (Lipinski definition) is 2. The van der Waals surface area contributed by atoms with Crippen molar-refractivity contribution >= 4 is 11.6 Å². The summed E-state index contributed by atoms with van der Waals surface area (Å²) >= 11 is 0. The average Bonchev–Trinajstić information content (AvgIpc) is 2.40. The van der Waals surface area contributed by atoms with E-state index in [4.69, 9.17) is 0 Å². The first-order chi connectivity index (χ1) is 8.72. The van der Waals surface area contributed by atoms with E-state index in [0.717, 1.165) is 31.6 Å². The van der Waals surface area contributed by atoms with Gasteiger partial charge in [-0.15, -0.1) is 0 Å². The Morgan fingerprint density at radius 2 is 2.39 bits per heavy atom. The largest absolute Gasteiger partial charge is 0.508 e. The Labute approximate surface area is 108 Å². The number of amides is 1. The Morgan fingerprint density at radius 1 is 1.56 bits per heavy atom. The van der Waals surface area contributed by atoms with Crippen LogP contribution in [0.3, 0.4) is 0 Å². The predicted molar refractivity (Wildman–Crippen MR) is 71.7 cm³/mol. The first-order valence-corrected chi connectivity index (χ1v) is 6.53. The van der Waals surface area contributed by atoms with Crippen molar-refractivity contribution < 1.29 is 9.90 Å². The molecule has 0 bridgehead atoms. The second kappa shape index (κ2) is 5.87. The zero-order valence-corrected chi connectivity index (χ0v) is 10.7. The minimum Gasteiger partial charge on any atom is -0.508 e. The van der Waals surface area contributed by atoms with E-state index >= 15 is 0 Å². The number of phenolic OH excluding ortho intramolecular Hbond substituents is 1. The lowest BCUT2D eigenvalue weighted by atomic mass is 9.98. The molecule has 1 saturated heterocycles. The van der Waals surface area contributed by atoms with Crippen LogP contribution in [0.25, 0.3) is 0 Å². The van der Waals surface area contributed by atoms with Crippen LogP contribution >= 0.6 is 0 Å². The van der Waals surface area contributed by atoms with Crippen LogP contribution in [-0.4, -0.2) is 30.6 Å². The third kappa shape index (κ3) is 2.82. The lowest BCUT2D eigenvalue weighted by Crippen LogP contribution is -2.43. The highest BCUT2D eigenvalue weighted by molar-refractivity contribution is 5.95. The highest BCUT2D eigenvalue weighted by Crippen LogP contribution is 2.23. The molecule has 1 atom stereocenters. The maximum absolute atomic E-state index is 12.4. The smallest absolute Gasteiger partial charge is 0.231 e. The number of rotatable bonds is 3. The van der Waals surface area contributed by atoms with Gasteiger partial charge in [-0.1, -0.05) is 6.07 Å². The number of nitrogens with one attached hydrogen (secondary N) is 1. The Bertz CT molecular complexity index is 414. The normalized spacial score (nSPS) is 19.5. The summed E-state index contributed by atoms with van der Waals surface area (Å²) in [7, 11) is 0. The maximum atomic E-state index is 12.4. The number of carbonyl (C=O) groups is 1. The molecule has 0 aliphatic carbocycles. The van der Waals surface area contributed by atoms with Crippen molar-refractivity contribution in [2.45, 2.75) is 19.8 Å². The van der Waals surface area contributed by atoms with E-state index in [2.05, 4.69) is 5.32 Å². The van der Waals surface area contributed by atoms with Crippen molar-refractivity contribution in [2.24, 2.45) is 5.92 Å². The molecule has 1 heterocycles. The molecule has 1 aromatic rings. The minimum atomic E-state index is 0.0565. The Hall–Kier alpha value is -1.55. The van der Waals surface area contributed by atoms with Crippen molar-refractivity contribution in [1.29, 1.82) is 0 Å². The molecule has 1 aliphatic heterocycles. The SMILES string of the molecule is CCN(C(=O)[C@H]1CCCNC1)c1cccc(O)c1. The van der Waals surface area contributed by atoms with E-state index in [1.54, 1.807) is 23.1 Å². The van der Waals surface area contributed by atoms with Crippen molar-refractivity contribution in [3.63, 3.8) is 0 Å². The molecule has 0 aromatic heterocycles. The number of aromatic hydroxyl groups is 1. The van der Waals surface area contributed by atoms with E-state index in [-0.39, 0.29) is 17.6 Å². The lowest BCUT2D eigenvalue weighted by molar-refractivity contribution is -0.122. The molecule has 0 radical (unpaired) electrons. The molecule has 1 aliphatic rings. The number of hydrogen-bond acceptors (Lipinski definition) is 3. The summed E-state index contributed by atoms with van der Waals surface area (Å²) in [5.41, 5.74) is 0.771. The molecule has 1 amide bonds. The molecule has 0 unspecified atom stereocenters. The number of phenols is 1. The lowest BCUT2D eigenvalue weighted by Gasteiger charge is -2.29. The highest BCUT2D eigenvalue weighted by atomic mass is 16.3. The van der Waals surface area contributed by atoms with Crippen LogP contribution in [-0.2, 0) is 4.79 Å². The van der Waals surface area contributed by atoms with Crippen molar-refractivity contribution in [2.75, 3.05) is 24.5 Å². The molecule has 0 saturated carbocycles. The number of nitrogens with zero attached hydrogens (tertiary/aromatic N) is 1. The first-order valence-electron chi connectivity index (χ1n) is 6.53. The van der Waals surface area contributed by atoms with Gasteiger partial charge in [0.1, 0.15) is 5.75 Å². The maximum Gasteiger partial charge on any atom is 0.231 e. The molecular weight excluding hydrogens is 228 g/mol. The Balaban J connectivity index is 2.14. The molecule has 2 rings (SSSR count). The van der Waals surface area contributed by atoms with Gasteiger partial charge < -0.3 is 15.3 Å². The number of piperidine rings is 1. The van der Waals surface area contributed by atoms with E-state index < -0.39 is 0 Å². The molecule has 1 aromatic carbocycles. The van der Waals surface area contributed by atoms with Crippen LogP contribution in [0.5, 0.6) is 5.75 Å². The first kappa shape index (κ1) is 12.9. The van der Waals surface area contributed by atoms with Gasteiger partial charge in [-0.25, -0.2) is 0 Å². The van der Waals surface area contributed by atoms with Crippen LogP contribution < -0.4 is 10.2 Å². The Kier molecular flexibility index (Phi) is 4.20. The average molecular weight is 248 g/mol. The fraction of sp³-hybridized carbons (Fsp3) is 0.500. The molecule has 1 fully saturated rings. The minimum absolute atomic E-state index is 0.0565. The fourth-order valence-electron chi connectivity index (χ4n) is 2.41. The van der Waals surface area contributed by atoms with Gasteiger partial charge in [0.25, 0.3) is 0 Å². The third-order valence-corrected chi connectivity index (χ3v) is 3.37. The summed E-state index contributed by atoms with van der Waals surface area (Å²) in [6.45, 7) is 4.34. The third-order valence-electron chi connectivity index (χ3n) is 3.37. The van der Waals surface area contributed by atoms with Gasteiger partial charge in [0, 0.05) is 24.8 Å². The summed E-state index contributed by atoms with van der Waals surface area (Å²) in [5.74, 6) is 0.400. The van der Waals surface area contributed by atoms with E-state index in [1.165, 1.54) is 0 Å². The van der Waals surface area contributed by atoms with E-state index in [9.17, 15) is 9.90 Å². The molecule has 4 heteroatoms. The number of benzene rings is 1. The second-order valence-corrected chi connectivity index (χ2v) is 4.65. The standard InChI is InChI=1S/C14H20N2O2/c1-2-16(12-6-3-7-13(17)9-12)14(18)11-5-4-8-15-10-11/h3,6-7,9,11,15,17H,2,4-5,8,10H2,1H3/t11-/m0/s1. The summed E-state index contributed by atoms with van der Waals surface area (Å²) in [4.78, 5) is 14.2. The van der Waals surface area contributed by atoms with E-state index in [0.29, 0.717) is 6.54 Å². The molecule has 4 nitrogen and oxygen atoms in total. The second-order valence-electron chi connectivity index (χ2n) is 4.65. The van der Waals surface area contributed by atoms with Crippen LogP contribution in [0.2, 0.25) is 0 Å². The molecular formula is C14H20N2O2. The van der Waals surface area contributed by atoms with E-state index in [1.807, 2.05) is 13.0 Å². The van der Waals surface area contributed by atoms with Gasteiger partial charge in [-0.3, -0.25) is 4.79 Å². The summed E-state index contributed by atoms with van der Waals surface area (Å²) in [5, 5.41) is 12.8. The van der Waals surface area contributed by atoms with Crippen LogP contribution in [0.15, 0.2) is 24.3 Å². The monoisotopic (exact) mass is 248 g/mol. The molecule has 2 N–H and O–H groups in total. The van der Waals surface area contributed by atoms with Crippen LogP contribution in [0.1, 0.15) is 19.8 Å². The topological polar surface area (TPSA) is 52.6 Å². The van der Waals surface area contributed by atoms with Crippen molar-refractivity contribution in [3.8, 4) is 5.75 Å². The van der Waals surface area contributed by atoms with Gasteiger partial charge >= 0.3 is 0 Å². The van der Waals surface area contributed by atoms with Crippen molar-refractivity contribution in [1.82, 2.24) is 5.32 Å². The van der Waals surface area contributed by atoms with Crippen molar-refractivity contribution in [3.05, 3.63) is 24.3 Å². The van der Waals surface area contributed by atoms with Gasteiger partial charge in [0.05, 0.1) is 5.92 Å². The zero-order valence-electron chi connectivity index (χ0n) is 10.7. The van der Waals surface area contributed by atoms with Crippen LogP contribution in [0, 0.1) is 5.92 Å². The molecule has 0 spiro atoms. The number of anilines is 1. The predicted octanol–water partition coefficient (Wildman–Crippen LogP) is 1.74.